The van der Waals surface area contributed by atoms with Crippen molar-refractivity contribution in [2.24, 2.45) is 0 Å². The second-order valence-corrected chi connectivity index (χ2v) is 11.2. The number of aromatic nitrogens is 1. The van der Waals surface area contributed by atoms with E-state index in [1.165, 1.54) is 10.5 Å². The molecule has 8 nitrogen and oxygen atoms in total. The van der Waals surface area contributed by atoms with Crippen LogP contribution >= 0.6 is 0 Å². The summed E-state index contributed by atoms with van der Waals surface area (Å²) in [6, 6.07) is 21.6. The van der Waals surface area contributed by atoms with Crippen LogP contribution in [0, 0.1) is 6.92 Å². The number of hydrogen-bond donors (Lipinski definition) is 1. The van der Waals surface area contributed by atoms with E-state index in [0.717, 1.165) is 59.9 Å². The first-order valence-electron chi connectivity index (χ1n) is 15.1. The van der Waals surface area contributed by atoms with Crippen LogP contribution in [0.2, 0.25) is 0 Å². The third kappa shape index (κ3) is 5.61. The average molecular weight is 580 g/mol. The summed E-state index contributed by atoms with van der Waals surface area (Å²) in [5.74, 6) is 1.92. The van der Waals surface area contributed by atoms with Gasteiger partial charge < -0.3 is 19.5 Å². The SMILES string of the molecule is CCC1(c2ccc3c(c2)OCO3)NC(=O)N(CCCCCCOc2c(Cc3ccccc3)cnc3c(C)cccc23)C1=O. The molecule has 0 aliphatic carbocycles. The molecule has 2 aliphatic rings. The number of nitrogens with one attached hydrogen (secondary N) is 1. The van der Waals surface area contributed by atoms with E-state index in [-0.39, 0.29) is 18.7 Å². The second-order valence-electron chi connectivity index (χ2n) is 11.2. The van der Waals surface area contributed by atoms with Crippen molar-refractivity contribution in [3.8, 4) is 17.2 Å². The number of hydrogen-bond acceptors (Lipinski definition) is 6. The van der Waals surface area contributed by atoms with Crippen LogP contribution in [-0.2, 0) is 16.8 Å². The summed E-state index contributed by atoms with van der Waals surface area (Å²) >= 11 is 0. The molecule has 1 unspecified atom stereocenters. The first kappa shape index (κ1) is 28.5. The summed E-state index contributed by atoms with van der Waals surface area (Å²) in [5, 5.41) is 4.00. The van der Waals surface area contributed by atoms with Gasteiger partial charge in [-0.1, -0.05) is 68.3 Å². The number of pyridine rings is 1. The Kier molecular flexibility index (Phi) is 8.18. The minimum absolute atomic E-state index is 0.156. The highest BCUT2D eigenvalue weighted by molar-refractivity contribution is 6.07. The number of para-hydroxylation sites is 1. The molecule has 43 heavy (non-hydrogen) atoms. The van der Waals surface area contributed by atoms with E-state index < -0.39 is 5.54 Å². The van der Waals surface area contributed by atoms with Crippen molar-refractivity contribution < 1.29 is 23.8 Å². The smallest absolute Gasteiger partial charge is 0.325 e. The number of urea groups is 1. The maximum Gasteiger partial charge on any atom is 0.325 e. The molecule has 222 valence electrons. The van der Waals surface area contributed by atoms with Crippen molar-refractivity contribution in [1.82, 2.24) is 15.2 Å². The van der Waals surface area contributed by atoms with Gasteiger partial charge in [0.15, 0.2) is 11.5 Å². The standard InChI is InChI=1S/C35H37N3O5/c1-3-35(27-16-17-29-30(21-27)43-23-42-29)33(39)38(34(40)37-35)18-9-4-5-10-19-41-32-26(20-25-13-7-6-8-14-25)22-36-31-24(2)12-11-15-28(31)32/h6-8,11-17,21-22H,3-5,9-10,18-20,23H2,1-2H3,(H,37,40). The van der Waals surface area contributed by atoms with Crippen molar-refractivity contribution in [2.45, 2.75) is 57.9 Å². The van der Waals surface area contributed by atoms with Crippen molar-refractivity contribution >= 4 is 22.8 Å². The Morgan fingerprint density at radius 2 is 1.77 bits per heavy atom. The number of fused-ring (bicyclic) bond motifs is 2. The van der Waals surface area contributed by atoms with Crippen molar-refractivity contribution in [3.63, 3.8) is 0 Å². The summed E-state index contributed by atoms with van der Waals surface area (Å²) in [6.07, 6.45) is 6.56. The van der Waals surface area contributed by atoms with Crippen molar-refractivity contribution in [2.75, 3.05) is 19.9 Å². The highest BCUT2D eigenvalue weighted by Crippen LogP contribution is 2.39. The third-order valence-corrected chi connectivity index (χ3v) is 8.45. The van der Waals surface area contributed by atoms with Gasteiger partial charge >= 0.3 is 6.03 Å². The quantitative estimate of drug-likeness (QED) is 0.149. The van der Waals surface area contributed by atoms with Crippen LogP contribution in [0.3, 0.4) is 0 Å². The Bertz CT molecular complexity index is 1640. The Hall–Kier alpha value is -4.59. The van der Waals surface area contributed by atoms with Gasteiger partial charge in [-0.2, -0.15) is 0 Å². The first-order valence-corrected chi connectivity index (χ1v) is 15.1. The molecule has 1 saturated heterocycles. The summed E-state index contributed by atoms with van der Waals surface area (Å²) in [6.45, 7) is 5.10. The lowest BCUT2D eigenvalue weighted by Crippen LogP contribution is -2.43. The lowest BCUT2D eigenvalue weighted by molar-refractivity contribution is -0.131. The van der Waals surface area contributed by atoms with Crippen LogP contribution in [0.4, 0.5) is 4.79 Å². The van der Waals surface area contributed by atoms with E-state index in [1.54, 1.807) is 12.1 Å². The lowest BCUT2D eigenvalue weighted by Gasteiger charge is -2.26. The van der Waals surface area contributed by atoms with E-state index in [9.17, 15) is 9.59 Å². The zero-order valence-corrected chi connectivity index (χ0v) is 24.7. The predicted octanol–water partition coefficient (Wildman–Crippen LogP) is 6.66. The van der Waals surface area contributed by atoms with Gasteiger partial charge in [0.2, 0.25) is 6.79 Å². The zero-order valence-electron chi connectivity index (χ0n) is 24.7. The minimum atomic E-state index is -1.09. The molecule has 1 aromatic heterocycles. The largest absolute Gasteiger partial charge is 0.493 e. The average Bonchev–Trinajstić information content (AvgIpc) is 3.59. The molecular weight excluding hydrogens is 542 g/mol. The van der Waals surface area contributed by atoms with E-state index in [2.05, 4.69) is 36.5 Å². The number of nitrogens with zero attached hydrogens (tertiary/aromatic N) is 2. The van der Waals surface area contributed by atoms with E-state index in [1.807, 2.05) is 43.5 Å². The molecule has 0 radical (unpaired) electrons. The fourth-order valence-electron chi connectivity index (χ4n) is 6.03. The normalized spacial score (nSPS) is 17.5. The number of ether oxygens (including phenoxy) is 3. The van der Waals surface area contributed by atoms with Gasteiger partial charge in [0.05, 0.1) is 12.1 Å². The molecule has 1 fully saturated rings. The molecule has 3 amide bonds. The number of unbranched alkanes of at least 4 members (excludes halogenated alkanes) is 3. The number of imide groups is 1. The summed E-state index contributed by atoms with van der Waals surface area (Å²) in [5.41, 5.74) is 4.00. The molecule has 1 N–H and O–H groups in total. The number of amides is 3. The molecule has 3 heterocycles. The zero-order chi connectivity index (χ0) is 29.8. The van der Waals surface area contributed by atoms with Gasteiger partial charge in [0, 0.05) is 30.1 Å². The molecule has 4 aromatic rings. The molecule has 0 bridgehead atoms. The summed E-state index contributed by atoms with van der Waals surface area (Å²) < 4.78 is 17.3. The van der Waals surface area contributed by atoms with Crippen molar-refractivity contribution in [3.05, 3.63) is 95.2 Å². The maximum atomic E-state index is 13.5. The van der Waals surface area contributed by atoms with Gasteiger partial charge in [-0.05, 0) is 61.1 Å². The summed E-state index contributed by atoms with van der Waals surface area (Å²) in [7, 11) is 0. The Morgan fingerprint density at radius 3 is 2.60 bits per heavy atom. The van der Waals surface area contributed by atoms with Crippen LogP contribution in [0.5, 0.6) is 17.2 Å². The molecular formula is C35H37N3O5. The predicted molar refractivity (Wildman–Crippen MR) is 164 cm³/mol. The third-order valence-electron chi connectivity index (χ3n) is 8.45. The second kappa shape index (κ2) is 12.3. The molecule has 2 aliphatic heterocycles. The fraction of sp³-hybridized carbons (Fsp3) is 0.343. The van der Waals surface area contributed by atoms with Crippen LogP contribution in [0.25, 0.3) is 10.9 Å². The molecule has 6 rings (SSSR count). The molecule has 3 aromatic carbocycles. The van der Waals surface area contributed by atoms with Gasteiger partial charge in [-0.15, -0.1) is 0 Å². The van der Waals surface area contributed by atoms with Gasteiger partial charge in [0.1, 0.15) is 11.3 Å². The number of benzene rings is 3. The number of rotatable bonds is 12. The maximum absolute atomic E-state index is 13.5. The van der Waals surface area contributed by atoms with Crippen LogP contribution < -0.4 is 19.5 Å². The van der Waals surface area contributed by atoms with E-state index in [0.29, 0.717) is 36.6 Å². The highest BCUT2D eigenvalue weighted by Gasteiger charge is 2.51. The number of carbonyl (C=O) groups is 2. The van der Waals surface area contributed by atoms with E-state index in [4.69, 9.17) is 19.2 Å². The molecule has 0 saturated carbocycles. The van der Waals surface area contributed by atoms with E-state index >= 15 is 0 Å². The Morgan fingerprint density at radius 1 is 0.953 bits per heavy atom. The number of aryl methyl sites for hydroxylation is 1. The van der Waals surface area contributed by atoms with Gasteiger partial charge in [-0.3, -0.25) is 14.7 Å². The first-order chi connectivity index (χ1) is 21.0. The van der Waals surface area contributed by atoms with Crippen LogP contribution in [-0.4, -0.2) is 41.8 Å². The fourth-order valence-corrected chi connectivity index (χ4v) is 6.03. The monoisotopic (exact) mass is 579 g/mol. The molecule has 1 atom stereocenters. The van der Waals surface area contributed by atoms with Crippen LogP contribution in [0.15, 0.2) is 72.9 Å². The lowest BCUT2D eigenvalue weighted by atomic mass is 9.87. The van der Waals surface area contributed by atoms with Gasteiger partial charge in [-0.25, -0.2) is 4.79 Å². The van der Waals surface area contributed by atoms with Gasteiger partial charge in [0.25, 0.3) is 5.91 Å². The van der Waals surface area contributed by atoms with Crippen LogP contribution in [0.1, 0.15) is 61.3 Å². The Balaban J connectivity index is 1.03. The topological polar surface area (TPSA) is 90.0 Å². The summed E-state index contributed by atoms with van der Waals surface area (Å²) in [4.78, 5) is 32.5. The highest BCUT2D eigenvalue weighted by atomic mass is 16.7. The molecule has 0 spiro atoms. The minimum Gasteiger partial charge on any atom is -0.493 e. The van der Waals surface area contributed by atoms with Crippen molar-refractivity contribution in [1.29, 1.82) is 0 Å². The Labute approximate surface area is 252 Å². The molecule has 8 heteroatoms. The number of carbonyl (C=O) groups excluding carboxylic acids is 2.